The Bertz CT molecular complexity index is 1170. The Balaban J connectivity index is 2.12. The molecule has 0 saturated heterocycles. The summed E-state index contributed by atoms with van der Waals surface area (Å²) in [5.74, 6) is -1.02. The minimum Gasteiger partial charge on any atom is -0.493 e. The zero-order valence-corrected chi connectivity index (χ0v) is 15.8. The maximum atomic E-state index is 13.1. The molecule has 1 heterocycles. The second kappa shape index (κ2) is 7.61. The fourth-order valence-electron chi connectivity index (χ4n) is 2.67. The van der Waals surface area contributed by atoms with Gasteiger partial charge >= 0.3 is 5.97 Å². The third-order valence-corrected chi connectivity index (χ3v) is 5.27. The van der Waals surface area contributed by atoms with Gasteiger partial charge in [0.05, 0.1) is 31.6 Å². The van der Waals surface area contributed by atoms with Crippen molar-refractivity contribution in [3.63, 3.8) is 0 Å². The van der Waals surface area contributed by atoms with Crippen LogP contribution in [-0.2, 0) is 14.8 Å². The van der Waals surface area contributed by atoms with Crippen LogP contribution >= 0.6 is 0 Å². The standard InChI is InChI=1S/C18H17N3O6S/c1-26-14-8-11(6-7-16(22)23)9-15(18(14)27-2)28(24,25)21-13-5-3-4-12-10-19-20-17(12)13/h3-10,21H,1-2H3,(H,19,20)(H,22,23)/b7-6+. The summed E-state index contributed by atoms with van der Waals surface area (Å²) >= 11 is 0. The number of sulfonamides is 1. The summed E-state index contributed by atoms with van der Waals surface area (Å²) in [7, 11) is -1.43. The quantitative estimate of drug-likeness (QED) is 0.517. The molecule has 0 radical (unpaired) electrons. The number of carboxylic acid groups (broad SMARTS) is 1. The predicted octanol–water partition coefficient (Wildman–Crippen LogP) is 2.48. The second-order valence-corrected chi connectivity index (χ2v) is 7.32. The van der Waals surface area contributed by atoms with E-state index >= 15 is 0 Å². The van der Waals surface area contributed by atoms with Gasteiger partial charge in [0, 0.05) is 11.5 Å². The summed E-state index contributed by atoms with van der Waals surface area (Å²) in [6.45, 7) is 0. The molecule has 28 heavy (non-hydrogen) atoms. The van der Waals surface area contributed by atoms with Gasteiger partial charge in [0.15, 0.2) is 11.5 Å². The number of anilines is 1. The third-order valence-electron chi connectivity index (χ3n) is 3.90. The van der Waals surface area contributed by atoms with Crippen LogP contribution in [0.25, 0.3) is 17.0 Å². The number of carbonyl (C=O) groups is 1. The number of fused-ring (bicyclic) bond motifs is 1. The molecule has 0 aliphatic rings. The van der Waals surface area contributed by atoms with E-state index in [1.807, 2.05) is 0 Å². The van der Waals surface area contributed by atoms with Crippen molar-refractivity contribution in [2.24, 2.45) is 0 Å². The van der Waals surface area contributed by atoms with E-state index < -0.39 is 16.0 Å². The fraction of sp³-hybridized carbons (Fsp3) is 0.111. The highest BCUT2D eigenvalue weighted by molar-refractivity contribution is 7.92. The van der Waals surface area contributed by atoms with E-state index in [4.69, 9.17) is 14.6 Å². The smallest absolute Gasteiger partial charge is 0.328 e. The lowest BCUT2D eigenvalue weighted by atomic mass is 10.2. The van der Waals surface area contributed by atoms with Gasteiger partial charge in [-0.3, -0.25) is 9.82 Å². The number of H-pyrrole nitrogens is 1. The summed E-state index contributed by atoms with van der Waals surface area (Å²) in [5, 5.41) is 16.2. The number of carboxylic acids is 1. The maximum absolute atomic E-state index is 13.1. The number of aliphatic carboxylic acids is 1. The van der Waals surface area contributed by atoms with Crippen LogP contribution in [0.3, 0.4) is 0 Å². The third kappa shape index (κ3) is 3.76. The molecule has 10 heteroatoms. The molecule has 3 aromatic rings. The van der Waals surface area contributed by atoms with Gasteiger partial charge in [0.2, 0.25) is 0 Å². The molecule has 0 amide bonds. The van der Waals surface area contributed by atoms with E-state index in [0.29, 0.717) is 16.8 Å². The molecule has 3 rings (SSSR count). The Hall–Kier alpha value is -3.53. The van der Waals surface area contributed by atoms with Crippen molar-refractivity contribution >= 4 is 38.7 Å². The molecule has 0 saturated carbocycles. The first-order chi connectivity index (χ1) is 13.4. The number of para-hydroxylation sites is 1. The summed E-state index contributed by atoms with van der Waals surface area (Å²) in [5.41, 5.74) is 1.15. The fourth-order valence-corrected chi connectivity index (χ4v) is 3.96. The van der Waals surface area contributed by atoms with E-state index in [2.05, 4.69) is 14.9 Å². The molecule has 0 aliphatic heterocycles. The van der Waals surface area contributed by atoms with Crippen molar-refractivity contribution in [2.45, 2.75) is 4.90 Å². The highest BCUT2D eigenvalue weighted by Gasteiger charge is 2.24. The van der Waals surface area contributed by atoms with Crippen molar-refractivity contribution in [2.75, 3.05) is 18.9 Å². The van der Waals surface area contributed by atoms with Crippen LogP contribution in [0.4, 0.5) is 5.69 Å². The molecule has 0 fully saturated rings. The van der Waals surface area contributed by atoms with Crippen LogP contribution in [0, 0.1) is 0 Å². The van der Waals surface area contributed by atoms with Gasteiger partial charge in [0.1, 0.15) is 4.90 Å². The number of nitrogens with one attached hydrogen (secondary N) is 2. The average molecular weight is 403 g/mol. The Morgan fingerprint density at radius 2 is 2.04 bits per heavy atom. The Labute approximate surface area is 160 Å². The molecule has 0 atom stereocenters. The molecule has 2 aromatic carbocycles. The molecular weight excluding hydrogens is 386 g/mol. The molecule has 146 valence electrons. The van der Waals surface area contributed by atoms with Crippen molar-refractivity contribution in [3.8, 4) is 11.5 Å². The van der Waals surface area contributed by atoms with Crippen molar-refractivity contribution in [1.29, 1.82) is 0 Å². The Morgan fingerprint density at radius 1 is 1.25 bits per heavy atom. The lowest BCUT2D eigenvalue weighted by Gasteiger charge is -2.15. The molecule has 1 aromatic heterocycles. The predicted molar refractivity (Wildman–Crippen MR) is 103 cm³/mol. The van der Waals surface area contributed by atoms with Crippen LogP contribution in [-0.4, -0.2) is 43.9 Å². The minimum atomic E-state index is -4.10. The molecule has 0 aliphatic carbocycles. The van der Waals surface area contributed by atoms with Crippen molar-refractivity contribution < 1.29 is 27.8 Å². The largest absolute Gasteiger partial charge is 0.493 e. The first kappa shape index (κ1) is 19.2. The normalized spacial score (nSPS) is 11.6. The Kier molecular flexibility index (Phi) is 5.23. The van der Waals surface area contributed by atoms with Gasteiger partial charge in [-0.2, -0.15) is 5.10 Å². The number of nitrogens with zero attached hydrogens (tertiary/aromatic N) is 1. The van der Waals surface area contributed by atoms with E-state index in [1.165, 1.54) is 32.4 Å². The van der Waals surface area contributed by atoms with Crippen molar-refractivity contribution in [3.05, 3.63) is 48.2 Å². The van der Waals surface area contributed by atoms with Crippen LogP contribution in [0.2, 0.25) is 0 Å². The van der Waals surface area contributed by atoms with Crippen LogP contribution < -0.4 is 14.2 Å². The van der Waals surface area contributed by atoms with Gasteiger partial charge in [-0.05, 0) is 29.8 Å². The number of ether oxygens (including phenoxy) is 2. The highest BCUT2D eigenvalue weighted by atomic mass is 32.2. The van der Waals surface area contributed by atoms with E-state index in [1.54, 1.807) is 24.4 Å². The molecule has 3 N–H and O–H groups in total. The molecule has 0 spiro atoms. The monoisotopic (exact) mass is 403 g/mol. The number of benzene rings is 2. The van der Waals surface area contributed by atoms with Crippen LogP contribution in [0.15, 0.2) is 47.5 Å². The lowest BCUT2D eigenvalue weighted by molar-refractivity contribution is -0.131. The van der Waals surface area contributed by atoms with Gasteiger partial charge in [0.25, 0.3) is 10.0 Å². The first-order valence-corrected chi connectivity index (χ1v) is 9.46. The zero-order valence-electron chi connectivity index (χ0n) is 15.0. The van der Waals surface area contributed by atoms with Crippen LogP contribution in [0.1, 0.15) is 5.56 Å². The topological polar surface area (TPSA) is 131 Å². The average Bonchev–Trinajstić information content (AvgIpc) is 3.15. The summed E-state index contributed by atoms with van der Waals surface area (Å²) in [6.07, 6.45) is 3.74. The second-order valence-electron chi connectivity index (χ2n) is 5.67. The van der Waals surface area contributed by atoms with E-state index in [9.17, 15) is 13.2 Å². The van der Waals surface area contributed by atoms with E-state index in [0.717, 1.165) is 11.5 Å². The number of rotatable bonds is 7. The molecule has 0 bridgehead atoms. The summed E-state index contributed by atoms with van der Waals surface area (Å²) in [6, 6.07) is 7.86. The van der Waals surface area contributed by atoms with Crippen molar-refractivity contribution in [1.82, 2.24) is 10.2 Å². The lowest BCUT2D eigenvalue weighted by Crippen LogP contribution is -2.15. The van der Waals surface area contributed by atoms with Gasteiger partial charge in [-0.1, -0.05) is 12.1 Å². The SMILES string of the molecule is COc1cc(/C=C/C(=O)O)cc(S(=O)(=O)Nc2cccc3cn[nH]c23)c1OC. The number of aromatic nitrogens is 2. The first-order valence-electron chi connectivity index (χ1n) is 7.97. The minimum absolute atomic E-state index is 0.000685. The molecule has 0 unspecified atom stereocenters. The highest BCUT2D eigenvalue weighted by Crippen LogP contribution is 2.37. The molecule has 9 nitrogen and oxygen atoms in total. The van der Waals surface area contributed by atoms with Crippen LogP contribution in [0.5, 0.6) is 11.5 Å². The summed E-state index contributed by atoms with van der Waals surface area (Å²) < 4.78 is 39.1. The number of aromatic amines is 1. The van der Waals surface area contributed by atoms with Gasteiger partial charge < -0.3 is 14.6 Å². The number of methoxy groups -OCH3 is 2. The van der Waals surface area contributed by atoms with Gasteiger partial charge in [-0.15, -0.1) is 0 Å². The number of hydrogen-bond donors (Lipinski definition) is 3. The summed E-state index contributed by atoms with van der Waals surface area (Å²) in [4.78, 5) is 10.6. The maximum Gasteiger partial charge on any atom is 0.328 e. The number of hydrogen-bond acceptors (Lipinski definition) is 6. The zero-order chi connectivity index (χ0) is 20.3. The van der Waals surface area contributed by atoms with E-state index in [-0.39, 0.29) is 16.4 Å². The Morgan fingerprint density at radius 3 is 2.71 bits per heavy atom. The molecular formula is C18H17N3O6S. The van der Waals surface area contributed by atoms with Gasteiger partial charge in [-0.25, -0.2) is 13.2 Å².